The van der Waals surface area contributed by atoms with Gasteiger partial charge in [0.05, 0.1) is 7.11 Å². The minimum Gasteiger partial charge on any atom is -0.497 e. The largest absolute Gasteiger partial charge is 0.497 e. The molecular weight excluding hydrogens is 289 g/mol. The van der Waals surface area contributed by atoms with Crippen LogP contribution in [-0.4, -0.2) is 23.0 Å². The first-order chi connectivity index (χ1) is 9.08. The second kappa shape index (κ2) is 5.86. The Kier molecular flexibility index (Phi) is 4.19. The number of nitrogens with one attached hydrogen (secondary N) is 1. The molecule has 1 amide bonds. The zero-order valence-electron chi connectivity index (χ0n) is 9.85. The van der Waals surface area contributed by atoms with Gasteiger partial charge >= 0.3 is 0 Å². The zero-order valence-corrected chi connectivity index (χ0v) is 11.4. The molecule has 1 heterocycles. The summed E-state index contributed by atoms with van der Waals surface area (Å²) in [4.78, 5) is 19.4. The summed E-state index contributed by atoms with van der Waals surface area (Å²) in [5.74, 6) is 0.205. The molecule has 98 valence electrons. The Labute approximate surface area is 119 Å². The Morgan fingerprint density at radius 1 is 1.26 bits per heavy atom. The Bertz CT molecular complexity index is 599. The molecular formula is C12H9Cl2N3O2. The van der Waals surface area contributed by atoms with Crippen LogP contribution in [0.3, 0.4) is 0 Å². The van der Waals surface area contributed by atoms with E-state index in [4.69, 9.17) is 27.9 Å². The highest BCUT2D eigenvalue weighted by Crippen LogP contribution is 2.18. The summed E-state index contributed by atoms with van der Waals surface area (Å²) in [5.41, 5.74) is 0.669. The lowest BCUT2D eigenvalue weighted by Gasteiger charge is -2.06. The molecule has 1 N–H and O–H groups in total. The highest BCUT2D eigenvalue weighted by molar-refractivity contribution is 6.32. The van der Waals surface area contributed by atoms with E-state index in [9.17, 15) is 4.79 Å². The molecule has 2 aromatic rings. The topological polar surface area (TPSA) is 64.1 Å². The molecule has 5 nitrogen and oxygen atoms in total. The highest BCUT2D eigenvalue weighted by Gasteiger charge is 2.11. The predicted octanol–water partition coefficient (Wildman–Crippen LogP) is 3.04. The first kappa shape index (κ1) is 13.6. The summed E-state index contributed by atoms with van der Waals surface area (Å²) in [6.45, 7) is 0. The van der Waals surface area contributed by atoms with E-state index < -0.39 is 5.91 Å². The lowest BCUT2D eigenvalue weighted by molar-refractivity contribution is 0.102. The number of hydrogen-bond donors (Lipinski definition) is 1. The first-order valence-corrected chi connectivity index (χ1v) is 5.99. The number of ether oxygens (including phenoxy) is 1. The van der Waals surface area contributed by atoms with Gasteiger partial charge in [-0.2, -0.15) is 0 Å². The minimum absolute atomic E-state index is 0.0803. The van der Waals surface area contributed by atoms with Crippen LogP contribution in [0.5, 0.6) is 5.75 Å². The Hall–Kier alpha value is -1.85. The molecule has 0 bridgehead atoms. The van der Waals surface area contributed by atoms with Gasteiger partial charge in [-0.3, -0.25) is 4.79 Å². The molecule has 0 saturated heterocycles. The first-order valence-electron chi connectivity index (χ1n) is 5.24. The van der Waals surface area contributed by atoms with Gasteiger partial charge in [-0.15, -0.1) is 0 Å². The van der Waals surface area contributed by atoms with E-state index in [0.29, 0.717) is 11.4 Å². The zero-order chi connectivity index (χ0) is 13.8. The number of rotatable bonds is 3. The second-order valence-electron chi connectivity index (χ2n) is 3.53. The van der Waals surface area contributed by atoms with Crippen molar-refractivity contribution in [2.24, 2.45) is 0 Å². The van der Waals surface area contributed by atoms with Gasteiger partial charge in [0.2, 0.25) is 5.28 Å². The molecule has 1 aromatic carbocycles. The van der Waals surface area contributed by atoms with Gasteiger partial charge in [-0.05, 0) is 23.7 Å². The van der Waals surface area contributed by atoms with Gasteiger partial charge in [0.15, 0.2) is 0 Å². The standard InChI is InChI=1S/C12H9Cl2N3O2/c1-19-8-4-2-3-7(5-8)15-11(18)9-6-10(13)17-12(14)16-9/h2-6H,1H3,(H,15,18). The van der Waals surface area contributed by atoms with Gasteiger partial charge in [0.1, 0.15) is 16.6 Å². The van der Waals surface area contributed by atoms with Crippen LogP contribution in [0.1, 0.15) is 10.5 Å². The van der Waals surface area contributed by atoms with Gasteiger partial charge < -0.3 is 10.1 Å². The third-order valence-electron chi connectivity index (χ3n) is 2.23. The fourth-order valence-electron chi connectivity index (χ4n) is 1.40. The Morgan fingerprint density at radius 3 is 2.74 bits per heavy atom. The molecule has 0 aliphatic carbocycles. The number of benzene rings is 1. The normalized spacial score (nSPS) is 10.1. The maximum atomic E-state index is 12.0. The van der Waals surface area contributed by atoms with Gasteiger partial charge in [-0.1, -0.05) is 17.7 Å². The third kappa shape index (κ3) is 3.56. The summed E-state index contributed by atoms with van der Waals surface area (Å²) in [6, 6.07) is 8.28. The monoisotopic (exact) mass is 297 g/mol. The van der Waals surface area contributed by atoms with Crippen molar-refractivity contribution >= 4 is 34.8 Å². The molecule has 0 aliphatic rings. The van der Waals surface area contributed by atoms with Gasteiger partial charge in [-0.25, -0.2) is 9.97 Å². The summed E-state index contributed by atoms with van der Waals surface area (Å²) in [5, 5.41) is 2.69. The van der Waals surface area contributed by atoms with Crippen LogP contribution in [0, 0.1) is 0 Å². The number of hydrogen-bond acceptors (Lipinski definition) is 4. The summed E-state index contributed by atoms with van der Waals surface area (Å²) < 4.78 is 5.06. The number of carbonyl (C=O) groups excluding carboxylic acids is 1. The van der Waals surface area contributed by atoms with Crippen molar-refractivity contribution in [1.29, 1.82) is 0 Å². The van der Waals surface area contributed by atoms with Gasteiger partial charge in [0, 0.05) is 17.8 Å². The Morgan fingerprint density at radius 2 is 2.05 bits per heavy atom. The molecule has 0 fully saturated rings. The minimum atomic E-state index is -0.431. The fourth-order valence-corrected chi connectivity index (χ4v) is 1.81. The van der Waals surface area contributed by atoms with Crippen molar-refractivity contribution in [2.75, 3.05) is 12.4 Å². The average molecular weight is 298 g/mol. The molecule has 0 spiro atoms. The van der Waals surface area contributed by atoms with E-state index >= 15 is 0 Å². The molecule has 0 radical (unpaired) electrons. The molecule has 0 aliphatic heterocycles. The summed E-state index contributed by atoms with van der Waals surface area (Å²) in [7, 11) is 1.55. The van der Waals surface area contributed by atoms with Crippen LogP contribution in [0.25, 0.3) is 0 Å². The van der Waals surface area contributed by atoms with E-state index in [1.54, 1.807) is 31.4 Å². The van der Waals surface area contributed by atoms with Crippen LogP contribution < -0.4 is 10.1 Å². The lowest BCUT2D eigenvalue weighted by Crippen LogP contribution is -2.14. The van der Waals surface area contributed by atoms with Crippen molar-refractivity contribution in [3.8, 4) is 5.75 Å². The van der Waals surface area contributed by atoms with Crippen molar-refractivity contribution in [1.82, 2.24) is 9.97 Å². The van der Waals surface area contributed by atoms with E-state index in [-0.39, 0.29) is 16.1 Å². The number of nitrogens with zero attached hydrogens (tertiary/aromatic N) is 2. The van der Waals surface area contributed by atoms with E-state index in [1.165, 1.54) is 6.07 Å². The van der Waals surface area contributed by atoms with Crippen molar-refractivity contribution < 1.29 is 9.53 Å². The quantitative estimate of drug-likeness (QED) is 0.698. The van der Waals surface area contributed by atoms with Crippen molar-refractivity contribution in [3.05, 3.63) is 46.5 Å². The van der Waals surface area contributed by atoms with Crippen LogP contribution in [-0.2, 0) is 0 Å². The molecule has 1 aromatic heterocycles. The molecule has 19 heavy (non-hydrogen) atoms. The number of halogens is 2. The van der Waals surface area contributed by atoms with E-state index in [0.717, 1.165) is 0 Å². The highest BCUT2D eigenvalue weighted by atomic mass is 35.5. The maximum Gasteiger partial charge on any atom is 0.274 e. The second-order valence-corrected chi connectivity index (χ2v) is 4.26. The van der Waals surface area contributed by atoms with Crippen LogP contribution >= 0.6 is 23.2 Å². The predicted molar refractivity (Wildman–Crippen MR) is 73.0 cm³/mol. The number of anilines is 1. The van der Waals surface area contributed by atoms with Gasteiger partial charge in [0.25, 0.3) is 5.91 Å². The summed E-state index contributed by atoms with van der Waals surface area (Å²) >= 11 is 11.3. The summed E-state index contributed by atoms with van der Waals surface area (Å²) in [6.07, 6.45) is 0. The van der Waals surface area contributed by atoms with E-state index in [2.05, 4.69) is 15.3 Å². The number of aromatic nitrogens is 2. The average Bonchev–Trinajstić information content (AvgIpc) is 2.37. The number of amides is 1. The number of methoxy groups -OCH3 is 1. The van der Waals surface area contributed by atoms with Crippen molar-refractivity contribution in [3.63, 3.8) is 0 Å². The number of carbonyl (C=O) groups is 1. The Balaban J connectivity index is 2.20. The molecule has 0 saturated carbocycles. The van der Waals surface area contributed by atoms with Crippen LogP contribution in [0.2, 0.25) is 10.4 Å². The molecule has 0 atom stereocenters. The molecule has 2 rings (SSSR count). The molecule has 0 unspecified atom stereocenters. The fraction of sp³-hybridized carbons (Fsp3) is 0.0833. The smallest absolute Gasteiger partial charge is 0.274 e. The lowest BCUT2D eigenvalue weighted by atomic mass is 10.3. The molecule has 7 heteroatoms. The van der Waals surface area contributed by atoms with Crippen molar-refractivity contribution in [2.45, 2.75) is 0 Å². The van der Waals surface area contributed by atoms with E-state index in [1.807, 2.05) is 0 Å². The van der Waals surface area contributed by atoms with Crippen LogP contribution in [0.15, 0.2) is 30.3 Å². The SMILES string of the molecule is COc1cccc(NC(=O)c2cc(Cl)nc(Cl)n2)c1. The van der Waals surface area contributed by atoms with Crippen LogP contribution in [0.4, 0.5) is 5.69 Å². The maximum absolute atomic E-state index is 12.0. The third-order valence-corrected chi connectivity index (χ3v) is 2.59.